The van der Waals surface area contributed by atoms with Gasteiger partial charge in [0.05, 0.1) is 29.5 Å². The lowest BCUT2D eigenvalue weighted by Crippen LogP contribution is -2.44. The number of aliphatic hydroxyl groups excluding tert-OH is 1. The second-order valence-electron chi connectivity index (χ2n) is 4.87. The Morgan fingerprint density at radius 1 is 1.40 bits per heavy atom. The van der Waals surface area contributed by atoms with Crippen molar-refractivity contribution in [2.45, 2.75) is 17.9 Å². The second kappa shape index (κ2) is 5.89. The van der Waals surface area contributed by atoms with Gasteiger partial charge in [0.15, 0.2) is 0 Å². The van der Waals surface area contributed by atoms with Crippen molar-refractivity contribution < 1.29 is 13.5 Å². The molecule has 1 saturated heterocycles. The number of benzene rings is 1. The lowest BCUT2D eigenvalue weighted by Gasteiger charge is -2.25. The van der Waals surface area contributed by atoms with E-state index in [2.05, 4.69) is 5.32 Å². The van der Waals surface area contributed by atoms with E-state index in [1.807, 2.05) is 6.07 Å². The maximum absolute atomic E-state index is 12.3. The number of sulfonamides is 1. The van der Waals surface area contributed by atoms with Gasteiger partial charge >= 0.3 is 0 Å². The summed E-state index contributed by atoms with van der Waals surface area (Å²) in [6.45, 7) is 0.853. The molecule has 0 spiro atoms. The Bertz CT molecular complexity index is 607. The first-order chi connectivity index (χ1) is 9.44. The zero-order valence-electron chi connectivity index (χ0n) is 11.2. The van der Waals surface area contributed by atoms with Gasteiger partial charge < -0.3 is 10.4 Å². The van der Waals surface area contributed by atoms with Crippen LogP contribution in [0.15, 0.2) is 24.3 Å². The minimum absolute atomic E-state index is 0.140. The average Bonchev–Trinajstić information content (AvgIpc) is 2.84. The maximum Gasteiger partial charge on any atom is 0.218 e. The van der Waals surface area contributed by atoms with Crippen molar-refractivity contribution in [3.63, 3.8) is 0 Å². The summed E-state index contributed by atoms with van der Waals surface area (Å²) in [5.41, 5.74) is 1.12. The molecule has 7 heteroatoms. The molecule has 0 radical (unpaired) electrons. The molecule has 0 aromatic heterocycles. The van der Waals surface area contributed by atoms with Crippen LogP contribution in [0.4, 0.5) is 0 Å². The zero-order chi connectivity index (χ0) is 14.8. The van der Waals surface area contributed by atoms with Crippen molar-refractivity contribution in [2.24, 2.45) is 0 Å². The Labute approximate surface area is 118 Å². The summed E-state index contributed by atoms with van der Waals surface area (Å²) in [4.78, 5) is 0. The number of nitrogens with one attached hydrogen (secondary N) is 1. The third-order valence-corrected chi connectivity index (χ3v) is 5.34. The van der Waals surface area contributed by atoms with E-state index in [9.17, 15) is 13.5 Å². The molecule has 2 N–H and O–H groups in total. The van der Waals surface area contributed by atoms with Gasteiger partial charge in [-0.25, -0.2) is 8.42 Å². The molecule has 0 saturated carbocycles. The summed E-state index contributed by atoms with van der Waals surface area (Å²) in [5.74, 6) is -0.140. The fourth-order valence-corrected chi connectivity index (χ4v) is 3.66. The zero-order valence-corrected chi connectivity index (χ0v) is 12.0. The molecule has 1 aromatic rings. The van der Waals surface area contributed by atoms with Crippen molar-refractivity contribution >= 4 is 10.0 Å². The highest BCUT2D eigenvalue weighted by molar-refractivity contribution is 7.88. The predicted octanol–water partition coefficient (Wildman–Crippen LogP) is -0.347. The molecule has 1 aliphatic rings. The SMILES string of the molecule is CN([C@@H]1CNC[C@H]1O)S(=O)(=O)Cc1ccc(C#N)cc1. The van der Waals surface area contributed by atoms with Crippen LogP contribution in [0.25, 0.3) is 0 Å². The predicted molar refractivity (Wildman–Crippen MR) is 74.2 cm³/mol. The van der Waals surface area contributed by atoms with Crippen LogP contribution in [0.2, 0.25) is 0 Å². The molecule has 2 atom stereocenters. The maximum atomic E-state index is 12.3. The number of hydrogen-bond acceptors (Lipinski definition) is 5. The van der Waals surface area contributed by atoms with Crippen LogP contribution in [-0.4, -0.2) is 50.1 Å². The first-order valence-corrected chi connectivity index (χ1v) is 7.88. The van der Waals surface area contributed by atoms with Gasteiger partial charge in [-0.1, -0.05) is 12.1 Å². The van der Waals surface area contributed by atoms with Gasteiger partial charge in [-0.3, -0.25) is 0 Å². The summed E-state index contributed by atoms with van der Waals surface area (Å²) in [7, 11) is -2.01. The largest absolute Gasteiger partial charge is 0.390 e. The number of aliphatic hydroxyl groups is 1. The summed E-state index contributed by atoms with van der Waals surface area (Å²) < 4.78 is 25.9. The van der Waals surface area contributed by atoms with Crippen molar-refractivity contribution in [3.05, 3.63) is 35.4 Å². The number of nitrogens with zero attached hydrogens (tertiary/aromatic N) is 2. The third-order valence-electron chi connectivity index (χ3n) is 3.49. The highest BCUT2D eigenvalue weighted by Gasteiger charge is 2.34. The minimum atomic E-state index is -3.50. The van der Waals surface area contributed by atoms with Gasteiger partial charge in [0.25, 0.3) is 0 Å². The summed E-state index contributed by atoms with van der Waals surface area (Å²) in [5, 5.41) is 21.4. The minimum Gasteiger partial charge on any atom is -0.390 e. The van der Waals surface area contributed by atoms with E-state index in [1.54, 1.807) is 24.3 Å². The Hall–Kier alpha value is -1.46. The number of nitriles is 1. The van der Waals surface area contributed by atoms with Gasteiger partial charge in [-0.05, 0) is 17.7 Å². The lowest BCUT2D eigenvalue weighted by atomic mass is 10.2. The van der Waals surface area contributed by atoms with Crippen LogP contribution < -0.4 is 5.32 Å². The monoisotopic (exact) mass is 295 g/mol. The van der Waals surface area contributed by atoms with E-state index in [4.69, 9.17) is 5.26 Å². The molecule has 108 valence electrons. The van der Waals surface area contributed by atoms with Crippen LogP contribution in [0.1, 0.15) is 11.1 Å². The standard InChI is InChI=1S/C13H17N3O3S/c1-16(12-7-15-8-13(12)17)20(18,19)9-11-4-2-10(6-14)3-5-11/h2-5,12-13,15,17H,7-9H2,1H3/t12-,13-/m1/s1. The van der Waals surface area contributed by atoms with Crippen molar-refractivity contribution in [3.8, 4) is 6.07 Å². The van der Waals surface area contributed by atoms with Gasteiger partial charge in [0, 0.05) is 20.1 Å². The normalized spacial score (nSPS) is 22.9. The third kappa shape index (κ3) is 3.16. The molecule has 1 heterocycles. The summed E-state index contributed by atoms with van der Waals surface area (Å²) in [6, 6.07) is 8.01. The molecule has 20 heavy (non-hydrogen) atoms. The fourth-order valence-electron chi connectivity index (χ4n) is 2.22. The first kappa shape index (κ1) is 14.9. The highest BCUT2D eigenvalue weighted by Crippen LogP contribution is 2.16. The van der Waals surface area contributed by atoms with Gasteiger partial charge in [0.1, 0.15) is 0 Å². The van der Waals surface area contributed by atoms with Crippen molar-refractivity contribution in [1.82, 2.24) is 9.62 Å². The Morgan fingerprint density at radius 2 is 2.05 bits per heavy atom. The average molecular weight is 295 g/mol. The Balaban J connectivity index is 2.12. The molecule has 0 unspecified atom stereocenters. The van der Waals surface area contributed by atoms with E-state index in [0.29, 0.717) is 24.2 Å². The molecule has 0 aliphatic carbocycles. The van der Waals surface area contributed by atoms with E-state index < -0.39 is 22.2 Å². The quantitative estimate of drug-likeness (QED) is 0.792. The topological polar surface area (TPSA) is 93.4 Å². The van der Waals surface area contributed by atoms with Crippen molar-refractivity contribution in [1.29, 1.82) is 5.26 Å². The lowest BCUT2D eigenvalue weighted by molar-refractivity contribution is 0.136. The number of β-amino-alcohol motifs (C(OH)–C–C–N with tert-alkyl or cyclic N) is 1. The van der Waals surface area contributed by atoms with Crippen LogP contribution in [-0.2, 0) is 15.8 Å². The van der Waals surface area contributed by atoms with Crippen LogP contribution in [0, 0.1) is 11.3 Å². The Kier molecular flexibility index (Phi) is 4.40. The molecule has 1 fully saturated rings. The van der Waals surface area contributed by atoms with Crippen molar-refractivity contribution in [2.75, 3.05) is 20.1 Å². The Morgan fingerprint density at radius 3 is 2.55 bits per heavy atom. The van der Waals surface area contributed by atoms with E-state index in [1.165, 1.54) is 11.4 Å². The summed E-state index contributed by atoms with van der Waals surface area (Å²) in [6.07, 6.45) is -0.685. The highest BCUT2D eigenvalue weighted by atomic mass is 32.2. The fraction of sp³-hybridized carbons (Fsp3) is 0.462. The van der Waals surface area contributed by atoms with Crippen LogP contribution in [0.5, 0.6) is 0 Å². The number of rotatable bonds is 4. The van der Waals surface area contributed by atoms with Gasteiger partial charge in [-0.2, -0.15) is 9.57 Å². The van der Waals surface area contributed by atoms with E-state index >= 15 is 0 Å². The van der Waals surface area contributed by atoms with E-state index in [0.717, 1.165) is 0 Å². The smallest absolute Gasteiger partial charge is 0.218 e. The molecule has 0 bridgehead atoms. The number of likely N-dealkylation sites (N-methyl/N-ethyl adjacent to an activating group) is 1. The second-order valence-corrected chi connectivity index (χ2v) is 6.90. The van der Waals surface area contributed by atoms with E-state index in [-0.39, 0.29) is 5.75 Å². The first-order valence-electron chi connectivity index (χ1n) is 6.27. The molecule has 0 amide bonds. The molecular formula is C13H17N3O3S. The molecule has 1 aromatic carbocycles. The van der Waals surface area contributed by atoms with Crippen LogP contribution in [0.3, 0.4) is 0 Å². The van der Waals surface area contributed by atoms with Gasteiger partial charge in [0.2, 0.25) is 10.0 Å². The molecule has 6 nitrogen and oxygen atoms in total. The molecular weight excluding hydrogens is 278 g/mol. The van der Waals surface area contributed by atoms with Crippen LogP contribution >= 0.6 is 0 Å². The van der Waals surface area contributed by atoms with Gasteiger partial charge in [-0.15, -0.1) is 0 Å². The summed E-state index contributed by atoms with van der Waals surface area (Å²) >= 11 is 0. The number of hydrogen-bond donors (Lipinski definition) is 2. The molecule has 1 aliphatic heterocycles. The molecule has 2 rings (SSSR count).